The fraction of sp³-hybridized carbons (Fsp3) is 0.167. The van der Waals surface area contributed by atoms with Gasteiger partial charge in [0, 0.05) is 4.88 Å². The van der Waals surface area contributed by atoms with Gasteiger partial charge in [0.2, 0.25) is 0 Å². The molecule has 0 aliphatic heterocycles. The van der Waals surface area contributed by atoms with Gasteiger partial charge in [-0.25, -0.2) is 4.39 Å². The number of halogens is 3. The number of thiophene rings is 1. The van der Waals surface area contributed by atoms with Crippen molar-refractivity contribution in [1.29, 1.82) is 0 Å². The molecule has 0 nitrogen and oxygen atoms in total. The van der Waals surface area contributed by atoms with Gasteiger partial charge in [-0.2, -0.15) is 0 Å². The van der Waals surface area contributed by atoms with E-state index in [9.17, 15) is 4.39 Å². The fourth-order valence-electron chi connectivity index (χ4n) is 1.47. The molecule has 4 heteroatoms. The third-order valence-corrected chi connectivity index (χ3v) is 5.35. The SMILES string of the molecule is Cc1ccsc1C(Br)c1ccc(F)c(Br)c1. The van der Waals surface area contributed by atoms with Gasteiger partial charge in [-0.1, -0.05) is 22.0 Å². The zero-order valence-electron chi connectivity index (χ0n) is 8.51. The molecule has 0 saturated carbocycles. The zero-order valence-corrected chi connectivity index (χ0v) is 12.5. The summed E-state index contributed by atoms with van der Waals surface area (Å²) in [7, 11) is 0. The molecule has 84 valence electrons. The highest BCUT2D eigenvalue weighted by atomic mass is 79.9. The van der Waals surface area contributed by atoms with Crippen LogP contribution in [0.3, 0.4) is 0 Å². The lowest BCUT2D eigenvalue weighted by molar-refractivity contribution is 0.620. The molecule has 0 bridgehead atoms. The number of alkyl halides is 1. The molecule has 0 amide bonds. The molecular weight excluding hydrogens is 355 g/mol. The Balaban J connectivity index is 2.38. The summed E-state index contributed by atoms with van der Waals surface area (Å²) in [5, 5.41) is 2.07. The lowest BCUT2D eigenvalue weighted by Crippen LogP contribution is -1.92. The highest BCUT2D eigenvalue weighted by Gasteiger charge is 2.15. The first-order chi connectivity index (χ1) is 7.59. The number of benzene rings is 1. The van der Waals surface area contributed by atoms with Gasteiger partial charge in [-0.3, -0.25) is 0 Å². The topological polar surface area (TPSA) is 0 Å². The van der Waals surface area contributed by atoms with Crippen molar-refractivity contribution in [1.82, 2.24) is 0 Å². The van der Waals surface area contributed by atoms with E-state index in [4.69, 9.17) is 0 Å². The maximum absolute atomic E-state index is 13.1. The average molecular weight is 364 g/mol. The Morgan fingerprint density at radius 1 is 1.31 bits per heavy atom. The molecule has 1 heterocycles. The fourth-order valence-corrected chi connectivity index (χ4v) is 3.76. The Morgan fingerprint density at radius 3 is 2.62 bits per heavy atom. The Hall–Kier alpha value is -0.190. The quantitative estimate of drug-likeness (QED) is 0.623. The molecule has 1 unspecified atom stereocenters. The van der Waals surface area contributed by atoms with E-state index in [1.807, 2.05) is 6.07 Å². The zero-order chi connectivity index (χ0) is 11.7. The van der Waals surface area contributed by atoms with Gasteiger partial charge < -0.3 is 0 Å². The van der Waals surface area contributed by atoms with Crippen LogP contribution in [0.5, 0.6) is 0 Å². The highest BCUT2D eigenvalue weighted by Crippen LogP contribution is 2.37. The molecule has 0 aliphatic rings. The van der Waals surface area contributed by atoms with Gasteiger partial charge in [0.05, 0.1) is 9.30 Å². The van der Waals surface area contributed by atoms with Gasteiger partial charge in [0.15, 0.2) is 0 Å². The van der Waals surface area contributed by atoms with Gasteiger partial charge >= 0.3 is 0 Å². The maximum Gasteiger partial charge on any atom is 0.137 e. The van der Waals surface area contributed by atoms with Crippen molar-refractivity contribution in [2.45, 2.75) is 11.8 Å². The second-order valence-electron chi connectivity index (χ2n) is 3.50. The van der Waals surface area contributed by atoms with Crippen LogP contribution < -0.4 is 0 Å². The number of hydrogen-bond donors (Lipinski definition) is 0. The standard InChI is InChI=1S/C12H9Br2FS/c1-7-4-5-16-12(7)11(14)8-2-3-10(15)9(13)6-8/h2-6,11H,1H3. The van der Waals surface area contributed by atoms with E-state index in [1.54, 1.807) is 17.4 Å². The summed E-state index contributed by atoms with van der Waals surface area (Å²) in [5.74, 6) is -0.230. The largest absolute Gasteiger partial charge is 0.206 e. The van der Waals surface area contributed by atoms with Crippen LogP contribution in [0, 0.1) is 12.7 Å². The van der Waals surface area contributed by atoms with Crippen LogP contribution in [-0.4, -0.2) is 0 Å². The summed E-state index contributed by atoms with van der Waals surface area (Å²) in [6, 6.07) is 7.19. The average Bonchev–Trinajstić information content (AvgIpc) is 2.67. The molecule has 16 heavy (non-hydrogen) atoms. The highest BCUT2D eigenvalue weighted by molar-refractivity contribution is 9.10. The van der Waals surface area contributed by atoms with E-state index < -0.39 is 0 Å². The normalized spacial score (nSPS) is 12.8. The minimum absolute atomic E-state index is 0.129. The lowest BCUT2D eigenvalue weighted by atomic mass is 10.1. The first-order valence-corrected chi connectivity index (χ1v) is 7.31. The second-order valence-corrected chi connectivity index (χ2v) is 6.22. The summed E-state index contributed by atoms with van der Waals surface area (Å²) in [5.41, 5.74) is 2.31. The number of aryl methyl sites for hydroxylation is 1. The predicted octanol–water partition coefficient (Wildman–Crippen LogP) is 5.44. The van der Waals surface area contributed by atoms with E-state index in [1.165, 1.54) is 16.5 Å². The van der Waals surface area contributed by atoms with Crippen LogP contribution in [0.4, 0.5) is 4.39 Å². The van der Waals surface area contributed by atoms with Crippen molar-refractivity contribution >= 4 is 43.2 Å². The van der Waals surface area contributed by atoms with Crippen molar-refractivity contribution in [3.63, 3.8) is 0 Å². The summed E-state index contributed by atoms with van der Waals surface area (Å²) >= 11 is 8.56. The molecule has 2 rings (SSSR count). The van der Waals surface area contributed by atoms with E-state index in [-0.39, 0.29) is 10.6 Å². The molecule has 1 atom stereocenters. The summed E-state index contributed by atoms with van der Waals surface area (Å²) < 4.78 is 13.6. The van der Waals surface area contributed by atoms with Crippen LogP contribution in [0.25, 0.3) is 0 Å². The molecule has 0 N–H and O–H groups in total. The van der Waals surface area contributed by atoms with E-state index in [0.717, 1.165) is 5.56 Å². The Morgan fingerprint density at radius 2 is 2.06 bits per heavy atom. The van der Waals surface area contributed by atoms with Gasteiger partial charge in [-0.15, -0.1) is 11.3 Å². The molecule has 1 aromatic carbocycles. The summed E-state index contributed by atoms with van der Waals surface area (Å²) in [6.45, 7) is 2.08. The van der Waals surface area contributed by atoms with Crippen molar-refractivity contribution < 1.29 is 4.39 Å². The maximum atomic E-state index is 13.1. The van der Waals surface area contributed by atoms with Crippen LogP contribution in [0.15, 0.2) is 34.1 Å². The third kappa shape index (κ3) is 2.39. The van der Waals surface area contributed by atoms with Crippen molar-refractivity contribution in [3.8, 4) is 0 Å². The molecule has 0 spiro atoms. The molecule has 0 radical (unpaired) electrons. The van der Waals surface area contributed by atoms with Crippen LogP contribution in [-0.2, 0) is 0 Å². The first kappa shape index (κ1) is 12.3. The van der Waals surface area contributed by atoms with E-state index >= 15 is 0 Å². The minimum atomic E-state index is -0.230. The summed E-state index contributed by atoms with van der Waals surface area (Å²) in [6.07, 6.45) is 0. The van der Waals surface area contributed by atoms with Gasteiger partial charge in [0.1, 0.15) is 5.82 Å². The lowest BCUT2D eigenvalue weighted by Gasteiger charge is -2.10. The van der Waals surface area contributed by atoms with Crippen molar-refractivity contribution in [2.24, 2.45) is 0 Å². The molecule has 2 aromatic rings. The molecule has 0 fully saturated rings. The van der Waals surface area contributed by atoms with E-state index in [0.29, 0.717) is 4.47 Å². The summed E-state index contributed by atoms with van der Waals surface area (Å²) in [4.78, 5) is 1.39. The minimum Gasteiger partial charge on any atom is -0.206 e. The molecular formula is C12H9Br2FS. The number of hydrogen-bond acceptors (Lipinski definition) is 1. The smallest absolute Gasteiger partial charge is 0.137 e. The molecule has 0 aliphatic carbocycles. The van der Waals surface area contributed by atoms with Crippen molar-refractivity contribution in [3.05, 3.63) is 55.9 Å². The Labute approximate surface area is 115 Å². The Bertz CT molecular complexity index is 507. The van der Waals surface area contributed by atoms with Gasteiger partial charge in [0.25, 0.3) is 0 Å². The molecule has 1 aromatic heterocycles. The first-order valence-electron chi connectivity index (χ1n) is 4.72. The predicted molar refractivity (Wildman–Crippen MR) is 73.9 cm³/mol. The van der Waals surface area contributed by atoms with Crippen LogP contribution in [0.2, 0.25) is 0 Å². The van der Waals surface area contributed by atoms with Crippen LogP contribution >= 0.6 is 43.2 Å². The van der Waals surface area contributed by atoms with E-state index in [2.05, 4.69) is 50.2 Å². The van der Waals surface area contributed by atoms with Crippen LogP contribution in [0.1, 0.15) is 20.8 Å². The van der Waals surface area contributed by atoms with Gasteiger partial charge in [-0.05, 0) is 57.6 Å². The van der Waals surface area contributed by atoms with Crippen molar-refractivity contribution in [2.75, 3.05) is 0 Å². The third-order valence-electron chi connectivity index (χ3n) is 2.37. The monoisotopic (exact) mass is 362 g/mol. The second kappa shape index (κ2) is 4.98. The Kier molecular flexibility index (Phi) is 3.82. The molecule has 0 saturated heterocycles. The number of rotatable bonds is 2.